The van der Waals surface area contributed by atoms with Crippen LogP contribution in [-0.2, 0) is 9.53 Å². The molecule has 13 heavy (non-hydrogen) atoms. The van der Waals surface area contributed by atoms with Gasteiger partial charge >= 0.3 is 5.97 Å². The van der Waals surface area contributed by atoms with E-state index in [1.165, 1.54) is 0 Å². The Kier molecular flexibility index (Phi) is 6.54. The lowest BCUT2D eigenvalue weighted by atomic mass is 10.3. The average molecular weight is 189 g/mol. The molecule has 0 rings (SSSR count). The Bertz CT molecular complexity index is 150. The highest BCUT2D eigenvalue weighted by Crippen LogP contribution is 1.96. The molecule has 4 nitrogen and oxygen atoms in total. The summed E-state index contributed by atoms with van der Waals surface area (Å²) in [5, 5.41) is 8.41. The number of aliphatic carboxylic acids is 1. The first-order valence-electron chi connectivity index (χ1n) is 4.49. The fourth-order valence-corrected chi connectivity index (χ4v) is 1.10. The number of hydrogen-bond acceptors (Lipinski definition) is 3. The lowest BCUT2D eigenvalue weighted by Gasteiger charge is -2.19. The van der Waals surface area contributed by atoms with Crippen LogP contribution in [0.5, 0.6) is 0 Å². The first kappa shape index (κ1) is 12.4. The molecule has 0 spiro atoms. The molecule has 0 bridgehead atoms. The molecule has 0 heterocycles. The number of likely N-dealkylation sites (N-methyl/N-ethyl adjacent to an activating group) is 1. The van der Waals surface area contributed by atoms with Gasteiger partial charge in [-0.2, -0.15) is 0 Å². The van der Waals surface area contributed by atoms with E-state index in [-0.39, 0.29) is 12.5 Å². The molecule has 4 heteroatoms. The van der Waals surface area contributed by atoms with Gasteiger partial charge in [0.2, 0.25) is 0 Å². The SMILES string of the molecule is COC(C)CN(C)CCCC(=O)O. The molecule has 1 atom stereocenters. The largest absolute Gasteiger partial charge is 0.481 e. The van der Waals surface area contributed by atoms with Gasteiger partial charge in [0.1, 0.15) is 0 Å². The van der Waals surface area contributed by atoms with Crippen molar-refractivity contribution in [3.8, 4) is 0 Å². The van der Waals surface area contributed by atoms with Crippen molar-refractivity contribution in [1.29, 1.82) is 0 Å². The molecule has 0 radical (unpaired) electrons. The van der Waals surface area contributed by atoms with Crippen LogP contribution in [0.25, 0.3) is 0 Å². The van der Waals surface area contributed by atoms with Crippen molar-refractivity contribution in [3.63, 3.8) is 0 Å². The second-order valence-corrected chi connectivity index (χ2v) is 3.31. The van der Waals surface area contributed by atoms with Crippen LogP contribution >= 0.6 is 0 Å². The Morgan fingerprint density at radius 1 is 1.62 bits per heavy atom. The fraction of sp³-hybridized carbons (Fsp3) is 0.889. The van der Waals surface area contributed by atoms with Gasteiger partial charge in [-0.15, -0.1) is 0 Å². The number of carboxylic acids is 1. The fourth-order valence-electron chi connectivity index (χ4n) is 1.10. The van der Waals surface area contributed by atoms with Gasteiger partial charge in [-0.1, -0.05) is 0 Å². The predicted molar refractivity (Wildman–Crippen MR) is 50.8 cm³/mol. The normalized spacial score (nSPS) is 13.2. The highest BCUT2D eigenvalue weighted by molar-refractivity contribution is 5.66. The Balaban J connectivity index is 3.39. The summed E-state index contributed by atoms with van der Waals surface area (Å²) in [6, 6.07) is 0. The third kappa shape index (κ3) is 7.74. The molecule has 0 aromatic heterocycles. The zero-order valence-electron chi connectivity index (χ0n) is 8.62. The maximum Gasteiger partial charge on any atom is 0.303 e. The number of ether oxygens (including phenoxy) is 1. The highest BCUT2D eigenvalue weighted by Gasteiger charge is 2.05. The topological polar surface area (TPSA) is 49.8 Å². The van der Waals surface area contributed by atoms with Crippen molar-refractivity contribution in [2.24, 2.45) is 0 Å². The zero-order valence-corrected chi connectivity index (χ0v) is 8.62. The lowest BCUT2D eigenvalue weighted by molar-refractivity contribution is -0.137. The summed E-state index contributed by atoms with van der Waals surface area (Å²) in [5.41, 5.74) is 0. The number of hydrogen-bond donors (Lipinski definition) is 1. The standard InChI is InChI=1S/C9H19NO3/c1-8(13-3)7-10(2)6-4-5-9(11)12/h8H,4-7H2,1-3H3,(H,11,12). The molecule has 0 amide bonds. The van der Waals surface area contributed by atoms with Crippen molar-refractivity contribution < 1.29 is 14.6 Å². The summed E-state index contributed by atoms with van der Waals surface area (Å²) in [7, 11) is 3.65. The van der Waals surface area contributed by atoms with Crippen LogP contribution in [-0.4, -0.2) is 49.3 Å². The molecule has 78 valence electrons. The number of rotatable bonds is 7. The molecule has 0 aliphatic heterocycles. The zero-order chi connectivity index (χ0) is 10.3. The van der Waals surface area contributed by atoms with Crippen LogP contribution in [0.1, 0.15) is 19.8 Å². The smallest absolute Gasteiger partial charge is 0.303 e. The molecule has 0 aliphatic rings. The summed E-state index contributed by atoms with van der Waals surface area (Å²) in [6.07, 6.45) is 1.14. The van der Waals surface area contributed by atoms with E-state index >= 15 is 0 Å². The van der Waals surface area contributed by atoms with E-state index in [9.17, 15) is 4.79 Å². The maximum atomic E-state index is 10.2. The van der Waals surface area contributed by atoms with E-state index < -0.39 is 5.97 Å². The summed E-state index contributed by atoms with van der Waals surface area (Å²) >= 11 is 0. The van der Waals surface area contributed by atoms with Gasteiger partial charge < -0.3 is 14.7 Å². The third-order valence-corrected chi connectivity index (χ3v) is 1.90. The van der Waals surface area contributed by atoms with E-state index in [1.54, 1.807) is 7.11 Å². The first-order valence-corrected chi connectivity index (χ1v) is 4.49. The number of carbonyl (C=O) groups is 1. The van der Waals surface area contributed by atoms with Crippen LogP contribution in [0.3, 0.4) is 0 Å². The van der Waals surface area contributed by atoms with Gasteiger partial charge in [-0.3, -0.25) is 4.79 Å². The molecule has 0 saturated heterocycles. The minimum absolute atomic E-state index is 0.204. The van der Waals surface area contributed by atoms with Crippen molar-refractivity contribution >= 4 is 5.97 Å². The molecular formula is C9H19NO3. The number of nitrogens with zero attached hydrogens (tertiary/aromatic N) is 1. The molecule has 1 unspecified atom stereocenters. The van der Waals surface area contributed by atoms with E-state index in [2.05, 4.69) is 4.90 Å². The Morgan fingerprint density at radius 2 is 2.23 bits per heavy atom. The van der Waals surface area contributed by atoms with Gasteiger partial charge in [0.15, 0.2) is 0 Å². The molecule has 0 fully saturated rings. The minimum Gasteiger partial charge on any atom is -0.481 e. The van der Waals surface area contributed by atoms with E-state index in [0.29, 0.717) is 6.42 Å². The van der Waals surface area contributed by atoms with E-state index in [4.69, 9.17) is 9.84 Å². The Hall–Kier alpha value is -0.610. The van der Waals surface area contributed by atoms with Gasteiger partial charge in [-0.25, -0.2) is 0 Å². The maximum absolute atomic E-state index is 10.2. The van der Waals surface area contributed by atoms with E-state index in [0.717, 1.165) is 13.1 Å². The number of carboxylic acid groups (broad SMARTS) is 1. The summed E-state index contributed by atoms with van der Waals surface area (Å²) in [4.78, 5) is 12.3. The molecule has 0 aliphatic carbocycles. The molecule has 0 saturated carbocycles. The summed E-state index contributed by atoms with van der Waals surface area (Å²) in [6.45, 7) is 3.64. The molecular weight excluding hydrogens is 170 g/mol. The van der Waals surface area contributed by atoms with Gasteiger partial charge in [-0.05, 0) is 26.9 Å². The number of methoxy groups -OCH3 is 1. The lowest BCUT2D eigenvalue weighted by Crippen LogP contribution is -2.29. The van der Waals surface area contributed by atoms with Crippen molar-refractivity contribution in [3.05, 3.63) is 0 Å². The first-order chi connectivity index (χ1) is 6.06. The quantitative estimate of drug-likeness (QED) is 0.644. The molecule has 0 aromatic rings. The van der Waals surface area contributed by atoms with Crippen molar-refractivity contribution in [2.45, 2.75) is 25.9 Å². The second-order valence-electron chi connectivity index (χ2n) is 3.31. The highest BCUT2D eigenvalue weighted by atomic mass is 16.5. The van der Waals surface area contributed by atoms with Crippen LogP contribution in [0.4, 0.5) is 0 Å². The van der Waals surface area contributed by atoms with Gasteiger partial charge in [0, 0.05) is 20.1 Å². The van der Waals surface area contributed by atoms with Crippen LogP contribution in [0.15, 0.2) is 0 Å². The average Bonchev–Trinajstić information content (AvgIpc) is 2.03. The molecule has 0 aromatic carbocycles. The third-order valence-electron chi connectivity index (χ3n) is 1.90. The summed E-state index contributed by atoms with van der Waals surface area (Å²) in [5.74, 6) is -0.729. The van der Waals surface area contributed by atoms with Crippen LogP contribution < -0.4 is 0 Å². The van der Waals surface area contributed by atoms with Gasteiger partial charge in [0.25, 0.3) is 0 Å². The Morgan fingerprint density at radius 3 is 2.69 bits per heavy atom. The van der Waals surface area contributed by atoms with Crippen molar-refractivity contribution in [1.82, 2.24) is 4.90 Å². The minimum atomic E-state index is -0.729. The Labute approximate surface area is 79.5 Å². The van der Waals surface area contributed by atoms with E-state index in [1.807, 2.05) is 14.0 Å². The molecule has 1 N–H and O–H groups in total. The predicted octanol–water partition coefficient (Wildman–Crippen LogP) is 0.818. The second kappa shape index (κ2) is 6.86. The van der Waals surface area contributed by atoms with Crippen molar-refractivity contribution in [2.75, 3.05) is 27.2 Å². The van der Waals surface area contributed by atoms with Crippen LogP contribution in [0, 0.1) is 0 Å². The van der Waals surface area contributed by atoms with Crippen LogP contribution in [0.2, 0.25) is 0 Å². The van der Waals surface area contributed by atoms with Gasteiger partial charge in [0.05, 0.1) is 6.10 Å². The monoisotopic (exact) mass is 189 g/mol. The summed E-state index contributed by atoms with van der Waals surface area (Å²) < 4.78 is 5.09.